The predicted octanol–water partition coefficient (Wildman–Crippen LogP) is 0.779. The maximum absolute atomic E-state index is 5.14. The molecule has 0 aromatic rings. The van der Waals surface area contributed by atoms with Crippen molar-refractivity contribution < 1.29 is 0 Å². The summed E-state index contributed by atoms with van der Waals surface area (Å²) < 4.78 is 0. The van der Waals surface area contributed by atoms with Crippen molar-refractivity contribution >= 4 is 17.3 Å². The molecule has 11 heavy (non-hydrogen) atoms. The minimum Gasteiger partial charge on any atom is -0.329 e. The molecule has 1 aliphatic rings. The highest BCUT2D eigenvalue weighted by atomic mass is 32.1. The number of nitrogens with zero attached hydrogens (tertiary/aromatic N) is 2. The molecule has 0 unspecified atom stereocenters. The summed E-state index contributed by atoms with van der Waals surface area (Å²) in [6.07, 6.45) is 0. The Hall–Kier alpha value is -0.350. The molecule has 1 fully saturated rings. The van der Waals surface area contributed by atoms with E-state index in [9.17, 15) is 0 Å². The molecular weight excluding hydrogens is 158 g/mol. The monoisotopic (exact) mass is 173 g/mol. The van der Waals surface area contributed by atoms with Crippen molar-refractivity contribution in [1.29, 1.82) is 0 Å². The second-order valence-corrected chi connectivity index (χ2v) is 4.24. The van der Waals surface area contributed by atoms with Crippen LogP contribution in [0.3, 0.4) is 0 Å². The van der Waals surface area contributed by atoms with Gasteiger partial charge < -0.3 is 4.90 Å². The van der Waals surface area contributed by atoms with Gasteiger partial charge in [0.2, 0.25) is 0 Å². The van der Waals surface area contributed by atoms with Gasteiger partial charge in [-0.15, -0.1) is 0 Å². The summed E-state index contributed by atoms with van der Waals surface area (Å²) in [4.78, 5) is 2.16. The molecule has 3 nitrogen and oxygen atoms in total. The number of nitrogens with one attached hydrogen (secondary N) is 1. The molecule has 1 aliphatic heterocycles. The van der Waals surface area contributed by atoms with Crippen LogP contribution < -0.4 is 5.43 Å². The summed E-state index contributed by atoms with van der Waals surface area (Å²) in [5.74, 6) is 0. The second kappa shape index (κ2) is 2.60. The van der Waals surface area contributed by atoms with Gasteiger partial charge in [0.15, 0.2) is 5.11 Å². The average Bonchev–Trinajstić information content (AvgIpc) is 2.08. The average molecular weight is 173 g/mol. The molecule has 1 N–H and O–H groups in total. The quantitative estimate of drug-likeness (QED) is 0.545. The lowest BCUT2D eigenvalue weighted by Crippen LogP contribution is -2.43. The molecule has 1 saturated heterocycles. The summed E-state index contributed by atoms with van der Waals surface area (Å²) in [7, 11) is 1.98. The molecule has 0 spiro atoms. The van der Waals surface area contributed by atoms with E-state index in [1.54, 1.807) is 0 Å². The first-order valence-corrected chi connectivity index (χ1v) is 4.11. The largest absolute Gasteiger partial charge is 0.329 e. The molecular formula is C7H15N3S. The Kier molecular flexibility index (Phi) is 2.07. The third kappa shape index (κ3) is 1.81. The van der Waals surface area contributed by atoms with Gasteiger partial charge in [-0.2, -0.15) is 0 Å². The van der Waals surface area contributed by atoms with Gasteiger partial charge >= 0.3 is 0 Å². The molecule has 0 radical (unpaired) electrons. The lowest BCUT2D eigenvalue weighted by molar-refractivity contribution is 0.185. The Morgan fingerprint density at radius 2 is 2.00 bits per heavy atom. The Labute approximate surface area is 73.3 Å². The number of hydrogen-bond acceptors (Lipinski definition) is 2. The highest BCUT2D eigenvalue weighted by molar-refractivity contribution is 7.80. The summed E-state index contributed by atoms with van der Waals surface area (Å²) in [5, 5.41) is 2.80. The highest BCUT2D eigenvalue weighted by Gasteiger charge is 2.29. The van der Waals surface area contributed by atoms with Crippen molar-refractivity contribution in [3.63, 3.8) is 0 Å². The number of rotatable bonds is 0. The van der Waals surface area contributed by atoms with Crippen LogP contribution in [0.25, 0.3) is 0 Å². The molecule has 0 aliphatic carbocycles. The Morgan fingerprint density at radius 3 is 2.18 bits per heavy atom. The summed E-state index contributed by atoms with van der Waals surface area (Å²) in [6, 6.07) is 0. The second-order valence-electron chi connectivity index (χ2n) is 3.86. The van der Waals surface area contributed by atoms with E-state index in [1.165, 1.54) is 0 Å². The van der Waals surface area contributed by atoms with E-state index >= 15 is 0 Å². The van der Waals surface area contributed by atoms with Crippen molar-refractivity contribution in [3.8, 4) is 0 Å². The third-order valence-corrected chi connectivity index (χ3v) is 2.01. The molecule has 0 saturated carbocycles. The van der Waals surface area contributed by atoms with Crippen LogP contribution in [0, 0.1) is 0 Å². The fourth-order valence-corrected chi connectivity index (χ4v) is 1.54. The van der Waals surface area contributed by atoms with Crippen LogP contribution >= 0.6 is 12.2 Å². The lowest BCUT2D eigenvalue weighted by atomic mass is 10.1. The van der Waals surface area contributed by atoms with Gasteiger partial charge in [-0.05, 0) is 33.0 Å². The van der Waals surface area contributed by atoms with E-state index in [0.29, 0.717) is 0 Å². The van der Waals surface area contributed by atoms with Gasteiger partial charge in [-0.25, -0.2) is 5.01 Å². The topological polar surface area (TPSA) is 18.5 Å². The molecule has 0 aromatic carbocycles. The SMILES string of the molecule is CN1CN(C(C)(C)C)C(=S)N1. The van der Waals surface area contributed by atoms with E-state index in [0.717, 1.165) is 11.8 Å². The molecule has 4 heteroatoms. The zero-order valence-corrected chi connectivity index (χ0v) is 8.33. The van der Waals surface area contributed by atoms with E-state index in [-0.39, 0.29) is 5.54 Å². The third-order valence-electron chi connectivity index (χ3n) is 1.69. The first-order chi connectivity index (χ1) is 4.91. The molecule has 0 amide bonds. The number of hydrazine groups is 1. The van der Waals surface area contributed by atoms with Gasteiger partial charge in [0.25, 0.3) is 0 Å². The van der Waals surface area contributed by atoms with Crippen molar-refractivity contribution in [2.45, 2.75) is 26.3 Å². The molecule has 0 aromatic heterocycles. The lowest BCUT2D eigenvalue weighted by Gasteiger charge is -2.31. The normalized spacial score (nSPS) is 20.7. The van der Waals surface area contributed by atoms with E-state index < -0.39 is 0 Å². The van der Waals surface area contributed by atoms with Crippen LogP contribution in [0.5, 0.6) is 0 Å². The molecule has 0 atom stereocenters. The highest BCUT2D eigenvalue weighted by Crippen LogP contribution is 2.16. The van der Waals surface area contributed by atoms with Crippen LogP contribution in [0.1, 0.15) is 20.8 Å². The van der Waals surface area contributed by atoms with Gasteiger partial charge in [0, 0.05) is 12.6 Å². The minimum absolute atomic E-state index is 0.120. The zero-order valence-electron chi connectivity index (χ0n) is 7.51. The number of hydrogen-bond donors (Lipinski definition) is 1. The smallest absolute Gasteiger partial charge is 0.185 e. The summed E-state index contributed by atoms with van der Waals surface area (Å²) in [6.45, 7) is 7.32. The molecule has 0 bridgehead atoms. The van der Waals surface area contributed by atoms with Crippen molar-refractivity contribution in [2.24, 2.45) is 0 Å². The van der Waals surface area contributed by atoms with Crippen LogP contribution in [0.4, 0.5) is 0 Å². The van der Waals surface area contributed by atoms with Crippen LogP contribution in [-0.2, 0) is 0 Å². The van der Waals surface area contributed by atoms with Crippen molar-refractivity contribution in [3.05, 3.63) is 0 Å². The first-order valence-electron chi connectivity index (χ1n) is 3.70. The fourth-order valence-electron chi connectivity index (χ4n) is 1.05. The Morgan fingerprint density at radius 1 is 1.45 bits per heavy atom. The molecule has 1 heterocycles. The van der Waals surface area contributed by atoms with E-state index in [1.807, 2.05) is 12.1 Å². The molecule has 64 valence electrons. The van der Waals surface area contributed by atoms with Gasteiger partial charge in [0.05, 0.1) is 6.67 Å². The summed E-state index contributed by atoms with van der Waals surface area (Å²) >= 11 is 5.14. The van der Waals surface area contributed by atoms with Crippen molar-refractivity contribution in [2.75, 3.05) is 13.7 Å². The van der Waals surface area contributed by atoms with Crippen LogP contribution in [0.15, 0.2) is 0 Å². The molecule has 1 rings (SSSR count). The Balaban J connectivity index is 2.68. The zero-order chi connectivity index (χ0) is 8.65. The first kappa shape index (κ1) is 8.74. The van der Waals surface area contributed by atoms with E-state index in [2.05, 4.69) is 31.1 Å². The standard InChI is InChI=1S/C7H15N3S/c1-7(2,3)10-5-9(4)8-6(10)11/h5H2,1-4H3,(H,8,11). The van der Waals surface area contributed by atoms with Crippen LogP contribution in [0.2, 0.25) is 0 Å². The van der Waals surface area contributed by atoms with Gasteiger partial charge in [-0.3, -0.25) is 5.43 Å². The van der Waals surface area contributed by atoms with Crippen LogP contribution in [-0.4, -0.2) is 34.3 Å². The maximum atomic E-state index is 5.14. The minimum atomic E-state index is 0.120. The fraction of sp³-hybridized carbons (Fsp3) is 0.857. The predicted molar refractivity (Wildman–Crippen MR) is 50.0 cm³/mol. The van der Waals surface area contributed by atoms with Gasteiger partial charge in [-0.1, -0.05) is 0 Å². The number of thiocarbonyl (C=S) groups is 1. The van der Waals surface area contributed by atoms with E-state index in [4.69, 9.17) is 12.2 Å². The van der Waals surface area contributed by atoms with Gasteiger partial charge in [0.1, 0.15) is 0 Å². The van der Waals surface area contributed by atoms with Crippen molar-refractivity contribution in [1.82, 2.24) is 15.3 Å². The summed E-state index contributed by atoms with van der Waals surface area (Å²) in [5.41, 5.74) is 3.18. The maximum Gasteiger partial charge on any atom is 0.185 e. The Bertz CT molecular complexity index is 173.